The van der Waals surface area contributed by atoms with Gasteiger partial charge >= 0.3 is 0 Å². The second kappa shape index (κ2) is 3.96. The van der Waals surface area contributed by atoms with Gasteiger partial charge in [0.2, 0.25) is 0 Å². The summed E-state index contributed by atoms with van der Waals surface area (Å²) in [6, 6.07) is 4.18. The highest BCUT2D eigenvalue weighted by molar-refractivity contribution is 5.79. The standard InChI is InChI=1S/C11H15NO2/c1-9(11-3-2-8-14-11)12-6-4-10(13)5-7-12/h2-3,8-9H,4-7H2,1H3. The van der Waals surface area contributed by atoms with Crippen LogP contribution in [0.2, 0.25) is 0 Å². The summed E-state index contributed by atoms with van der Waals surface area (Å²) in [7, 11) is 0. The third kappa shape index (κ3) is 1.87. The van der Waals surface area contributed by atoms with E-state index in [9.17, 15) is 4.79 Å². The van der Waals surface area contributed by atoms with Crippen LogP contribution in [0.4, 0.5) is 0 Å². The van der Waals surface area contributed by atoms with Crippen LogP contribution in [0, 0.1) is 0 Å². The normalized spacial score (nSPS) is 21.1. The predicted octanol–water partition coefficient (Wildman–Crippen LogP) is 2.01. The summed E-state index contributed by atoms with van der Waals surface area (Å²) in [5.74, 6) is 1.37. The van der Waals surface area contributed by atoms with E-state index in [4.69, 9.17) is 4.42 Å². The third-order valence-electron chi connectivity index (χ3n) is 2.86. The smallest absolute Gasteiger partial charge is 0.135 e. The van der Waals surface area contributed by atoms with E-state index < -0.39 is 0 Å². The molecule has 1 aromatic heterocycles. The van der Waals surface area contributed by atoms with Crippen LogP contribution in [0.5, 0.6) is 0 Å². The Hall–Kier alpha value is -1.09. The number of carbonyl (C=O) groups is 1. The number of hydrogen-bond donors (Lipinski definition) is 0. The molecule has 76 valence electrons. The number of carbonyl (C=O) groups excluding carboxylic acids is 1. The first-order valence-electron chi connectivity index (χ1n) is 5.06. The van der Waals surface area contributed by atoms with Crippen molar-refractivity contribution < 1.29 is 9.21 Å². The molecule has 0 aliphatic carbocycles. The molecule has 1 fully saturated rings. The van der Waals surface area contributed by atoms with Gasteiger partial charge in [-0.3, -0.25) is 9.69 Å². The van der Waals surface area contributed by atoms with Crippen LogP contribution >= 0.6 is 0 Å². The summed E-state index contributed by atoms with van der Waals surface area (Å²) < 4.78 is 5.35. The minimum Gasteiger partial charge on any atom is -0.468 e. The molecule has 2 rings (SSSR count). The number of Topliss-reactive ketones (excluding diaryl/α,β-unsaturated/α-hetero) is 1. The largest absolute Gasteiger partial charge is 0.468 e. The fourth-order valence-electron chi connectivity index (χ4n) is 1.87. The van der Waals surface area contributed by atoms with E-state index in [0.29, 0.717) is 18.6 Å². The quantitative estimate of drug-likeness (QED) is 0.720. The number of nitrogens with zero attached hydrogens (tertiary/aromatic N) is 1. The van der Waals surface area contributed by atoms with E-state index in [1.54, 1.807) is 6.26 Å². The van der Waals surface area contributed by atoms with Gasteiger partial charge in [0, 0.05) is 25.9 Å². The number of piperidine rings is 1. The third-order valence-corrected chi connectivity index (χ3v) is 2.86. The lowest BCUT2D eigenvalue weighted by Crippen LogP contribution is -2.35. The first-order chi connectivity index (χ1) is 6.77. The van der Waals surface area contributed by atoms with Crippen molar-refractivity contribution >= 4 is 5.78 Å². The molecule has 14 heavy (non-hydrogen) atoms. The van der Waals surface area contributed by atoms with E-state index in [1.807, 2.05) is 12.1 Å². The average Bonchev–Trinajstić information content (AvgIpc) is 2.71. The molecule has 0 radical (unpaired) electrons. The molecule has 1 unspecified atom stereocenters. The van der Waals surface area contributed by atoms with Gasteiger partial charge in [-0.25, -0.2) is 0 Å². The Morgan fingerprint density at radius 1 is 1.43 bits per heavy atom. The molecule has 0 N–H and O–H groups in total. The topological polar surface area (TPSA) is 33.5 Å². The van der Waals surface area contributed by atoms with Crippen molar-refractivity contribution in [2.45, 2.75) is 25.8 Å². The van der Waals surface area contributed by atoms with Crippen molar-refractivity contribution in [1.29, 1.82) is 0 Å². The molecule has 3 nitrogen and oxygen atoms in total. The molecular formula is C11H15NO2. The summed E-state index contributed by atoms with van der Waals surface area (Å²) in [6.07, 6.45) is 3.07. The van der Waals surface area contributed by atoms with Gasteiger partial charge in [0.15, 0.2) is 0 Å². The Morgan fingerprint density at radius 3 is 2.71 bits per heavy atom. The van der Waals surface area contributed by atoms with Crippen LogP contribution in [0.15, 0.2) is 22.8 Å². The van der Waals surface area contributed by atoms with Crippen molar-refractivity contribution in [2.75, 3.05) is 13.1 Å². The summed E-state index contributed by atoms with van der Waals surface area (Å²) in [4.78, 5) is 13.4. The number of hydrogen-bond acceptors (Lipinski definition) is 3. The first-order valence-corrected chi connectivity index (χ1v) is 5.06. The fourth-order valence-corrected chi connectivity index (χ4v) is 1.87. The molecule has 0 bridgehead atoms. The Balaban J connectivity index is 1.99. The predicted molar refractivity (Wildman–Crippen MR) is 52.9 cm³/mol. The van der Waals surface area contributed by atoms with E-state index in [1.165, 1.54) is 0 Å². The molecule has 3 heteroatoms. The Morgan fingerprint density at radius 2 is 2.14 bits per heavy atom. The minimum atomic E-state index is 0.290. The summed E-state index contributed by atoms with van der Waals surface area (Å²) in [5.41, 5.74) is 0. The molecule has 1 saturated heterocycles. The highest BCUT2D eigenvalue weighted by Crippen LogP contribution is 2.22. The van der Waals surface area contributed by atoms with Gasteiger partial charge in [0.1, 0.15) is 11.5 Å². The second-order valence-electron chi connectivity index (χ2n) is 3.77. The SMILES string of the molecule is CC(c1ccco1)N1CCC(=O)CC1. The van der Waals surface area contributed by atoms with E-state index in [0.717, 1.165) is 18.8 Å². The number of likely N-dealkylation sites (tertiary alicyclic amines) is 1. The van der Waals surface area contributed by atoms with Gasteiger partial charge in [-0.05, 0) is 19.1 Å². The summed E-state index contributed by atoms with van der Waals surface area (Å²) >= 11 is 0. The van der Waals surface area contributed by atoms with E-state index in [-0.39, 0.29) is 6.04 Å². The van der Waals surface area contributed by atoms with Crippen LogP contribution in [0.1, 0.15) is 31.6 Å². The summed E-state index contributed by atoms with van der Waals surface area (Å²) in [5, 5.41) is 0. The maximum absolute atomic E-state index is 11.1. The van der Waals surface area contributed by atoms with Gasteiger partial charge in [-0.1, -0.05) is 0 Å². The van der Waals surface area contributed by atoms with E-state index in [2.05, 4.69) is 11.8 Å². The van der Waals surface area contributed by atoms with Crippen molar-refractivity contribution in [3.05, 3.63) is 24.2 Å². The van der Waals surface area contributed by atoms with Crippen molar-refractivity contribution in [2.24, 2.45) is 0 Å². The molecule has 1 atom stereocenters. The number of furan rings is 1. The van der Waals surface area contributed by atoms with Crippen LogP contribution in [0.25, 0.3) is 0 Å². The molecule has 1 aromatic rings. The van der Waals surface area contributed by atoms with Gasteiger partial charge in [-0.2, -0.15) is 0 Å². The fraction of sp³-hybridized carbons (Fsp3) is 0.545. The van der Waals surface area contributed by atoms with Crippen molar-refractivity contribution in [1.82, 2.24) is 4.90 Å². The number of rotatable bonds is 2. The molecule has 0 saturated carbocycles. The van der Waals surface area contributed by atoms with Crippen LogP contribution < -0.4 is 0 Å². The highest BCUT2D eigenvalue weighted by Gasteiger charge is 2.22. The van der Waals surface area contributed by atoms with Crippen LogP contribution in [0.3, 0.4) is 0 Å². The zero-order valence-electron chi connectivity index (χ0n) is 8.40. The maximum Gasteiger partial charge on any atom is 0.135 e. The van der Waals surface area contributed by atoms with Gasteiger partial charge < -0.3 is 4.42 Å². The average molecular weight is 193 g/mol. The molecule has 2 heterocycles. The van der Waals surface area contributed by atoms with Crippen molar-refractivity contribution in [3.8, 4) is 0 Å². The second-order valence-corrected chi connectivity index (χ2v) is 3.77. The molecular weight excluding hydrogens is 178 g/mol. The molecule has 0 amide bonds. The minimum absolute atomic E-state index is 0.290. The molecule has 1 aliphatic rings. The highest BCUT2D eigenvalue weighted by atomic mass is 16.3. The van der Waals surface area contributed by atoms with Crippen LogP contribution in [-0.2, 0) is 4.79 Å². The van der Waals surface area contributed by atoms with Gasteiger partial charge in [0.05, 0.1) is 12.3 Å². The van der Waals surface area contributed by atoms with Crippen LogP contribution in [-0.4, -0.2) is 23.8 Å². The lowest BCUT2D eigenvalue weighted by Gasteiger charge is -2.30. The van der Waals surface area contributed by atoms with Gasteiger partial charge in [-0.15, -0.1) is 0 Å². The number of ketones is 1. The zero-order chi connectivity index (χ0) is 9.97. The van der Waals surface area contributed by atoms with E-state index >= 15 is 0 Å². The molecule has 1 aliphatic heterocycles. The zero-order valence-corrected chi connectivity index (χ0v) is 8.40. The molecule has 0 aromatic carbocycles. The Bertz CT molecular complexity index is 295. The Kier molecular flexibility index (Phi) is 2.68. The monoisotopic (exact) mass is 193 g/mol. The summed E-state index contributed by atoms with van der Waals surface area (Å²) in [6.45, 7) is 3.84. The molecule has 0 spiro atoms. The Labute approximate surface area is 83.7 Å². The first kappa shape index (κ1) is 9.46. The maximum atomic E-state index is 11.1. The van der Waals surface area contributed by atoms with Crippen molar-refractivity contribution in [3.63, 3.8) is 0 Å². The van der Waals surface area contributed by atoms with Gasteiger partial charge in [0.25, 0.3) is 0 Å². The lowest BCUT2D eigenvalue weighted by molar-refractivity contribution is -0.121. The lowest BCUT2D eigenvalue weighted by atomic mass is 10.1.